The fourth-order valence-electron chi connectivity index (χ4n) is 2.82. The molecular formula is C23H40NO5P. The second kappa shape index (κ2) is 15.4. The third kappa shape index (κ3) is 14.5. The standard InChI is InChI=1S/C23H40NO5P/c1-7-10-20(4)17-21(5)14-9-12-18(2)11-8-13-19(3)15-16-29-24-23(25)22(6)30(26,27)28/h7,10-11,14-15,20,22H,8-9,12-13,16-17H2,1-6H3,(H,24,25)(H2,26,27,28)/b10-7+,18-11+,19-15+,21-14+. The Bertz CT molecular complexity index is 688. The van der Waals surface area contributed by atoms with Gasteiger partial charge in [0.2, 0.25) is 0 Å². The molecule has 0 aliphatic carbocycles. The van der Waals surface area contributed by atoms with E-state index in [2.05, 4.69) is 57.5 Å². The minimum absolute atomic E-state index is 0.157. The highest BCUT2D eigenvalue weighted by Gasteiger charge is 2.30. The molecule has 0 aromatic rings. The average molecular weight is 442 g/mol. The summed E-state index contributed by atoms with van der Waals surface area (Å²) in [6, 6.07) is 0. The van der Waals surface area contributed by atoms with E-state index in [1.807, 2.05) is 13.0 Å². The van der Waals surface area contributed by atoms with Crippen molar-refractivity contribution in [2.45, 2.75) is 79.3 Å². The van der Waals surface area contributed by atoms with Gasteiger partial charge in [0.15, 0.2) is 0 Å². The van der Waals surface area contributed by atoms with Crippen LogP contribution < -0.4 is 5.48 Å². The molecular weight excluding hydrogens is 401 g/mol. The van der Waals surface area contributed by atoms with E-state index in [0.717, 1.165) is 44.6 Å². The Morgan fingerprint density at radius 1 is 1.00 bits per heavy atom. The van der Waals surface area contributed by atoms with E-state index in [1.165, 1.54) is 11.1 Å². The first-order valence-electron chi connectivity index (χ1n) is 10.5. The van der Waals surface area contributed by atoms with Crippen LogP contribution in [0.15, 0.2) is 47.1 Å². The summed E-state index contributed by atoms with van der Waals surface area (Å²) in [5.41, 5.74) is 4.59. The quantitative estimate of drug-likeness (QED) is 0.141. The van der Waals surface area contributed by atoms with E-state index >= 15 is 0 Å². The minimum Gasteiger partial charge on any atom is -0.324 e. The summed E-state index contributed by atoms with van der Waals surface area (Å²) in [6.45, 7) is 12.0. The van der Waals surface area contributed by atoms with Crippen LogP contribution in [-0.4, -0.2) is 28.0 Å². The number of hydroxylamine groups is 1. The van der Waals surface area contributed by atoms with Gasteiger partial charge >= 0.3 is 7.60 Å². The summed E-state index contributed by atoms with van der Waals surface area (Å²) < 4.78 is 11.0. The van der Waals surface area contributed by atoms with Gasteiger partial charge in [-0.15, -0.1) is 0 Å². The molecule has 7 heteroatoms. The van der Waals surface area contributed by atoms with Crippen molar-refractivity contribution < 1.29 is 24.0 Å². The number of hydrogen-bond donors (Lipinski definition) is 3. The van der Waals surface area contributed by atoms with Crippen LogP contribution in [0.5, 0.6) is 0 Å². The second-order valence-corrected chi connectivity index (χ2v) is 9.93. The van der Waals surface area contributed by atoms with Crippen LogP contribution in [0.3, 0.4) is 0 Å². The Balaban J connectivity index is 4.15. The molecule has 0 aromatic heterocycles. The first-order valence-corrected chi connectivity index (χ1v) is 12.2. The molecule has 1 amide bonds. The fourth-order valence-corrected chi connectivity index (χ4v) is 3.18. The van der Waals surface area contributed by atoms with Crippen LogP contribution in [-0.2, 0) is 14.2 Å². The Morgan fingerprint density at radius 3 is 2.07 bits per heavy atom. The first-order chi connectivity index (χ1) is 14.0. The Labute approximate surface area is 182 Å². The van der Waals surface area contributed by atoms with E-state index in [9.17, 15) is 9.36 Å². The molecule has 2 unspecified atom stereocenters. The van der Waals surface area contributed by atoms with Gasteiger partial charge in [-0.2, -0.15) is 0 Å². The summed E-state index contributed by atoms with van der Waals surface area (Å²) in [6.07, 6.45) is 15.9. The second-order valence-electron chi connectivity index (χ2n) is 7.98. The van der Waals surface area contributed by atoms with Gasteiger partial charge in [0, 0.05) is 0 Å². The third-order valence-corrected chi connectivity index (χ3v) is 6.04. The van der Waals surface area contributed by atoms with Crippen LogP contribution in [0.1, 0.15) is 73.6 Å². The average Bonchev–Trinajstić information content (AvgIpc) is 2.63. The molecule has 0 saturated carbocycles. The van der Waals surface area contributed by atoms with E-state index < -0.39 is 19.2 Å². The number of carbonyl (C=O) groups is 1. The lowest BCUT2D eigenvalue weighted by molar-refractivity contribution is -0.132. The normalized spacial score (nSPS) is 16.1. The highest BCUT2D eigenvalue weighted by atomic mass is 31.2. The maximum absolute atomic E-state index is 11.5. The van der Waals surface area contributed by atoms with Crippen molar-refractivity contribution in [2.24, 2.45) is 5.92 Å². The molecule has 30 heavy (non-hydrogen) atoms. The topological polar surface area (TPSA) is 95.9 Å². The zero-order chi connectivity index (χ0) is 23.2. The van der Waals surface area contributed by atoms with Crippen LogP contribution >= 0.6 is 7.60 Å². The summed E-state index contributed by atoms with van der Waals surface area (Å²) in [4.78, 5) is 34.4. The highest BCUT2D eigenvalue weighted by Crippen LogP contribution is 2.40. The number of amides is 1. The maximum Gasteiger partial charge on any atom is 0.337 e. The smallest absolute Gasteiger partial charge is 0.324 e. The summed E-state index contributed by atoms with van der Waals surface area (Å²) >= 11 is 0. The van der Waals surface area contributed by atoms with Crippen molar-refractivity contribution in [3.63, 3.8) is 0 Å². The molecule has 3 N–H and O–H groups in total. The zero-order valence-corrected chi connectivity index (χ0v) is 20.2. The Hall–Kier alpha value is -1.46. The molecule has 0 heterocycles. The molecule has 0 bridgehead atoms. The largest absolute Gasteiger partial charge is 0.337 e. The number of nitrogens with one attached hydrogen (secondary N) is 1. The predicted octanol–water partition coefficient (Wildman–Crippen LogP) is 5.60. The lowest BCUT2D eigenvalue weighted by atomic mass is 10.00. The lowest BCUT2D eigenvalue weighted by Gasteiger charge is -2.12. The van der Waals surface area contributed by atoms with Crippen molar-refractivity contribution in [3.05, 3.63) is 47.1 Å². The van der Waals surface area contributed by atoms with E-state index in [-0.39, 0.29) is 6.61 Å². The molecule has 0 fully saturated rings. The molecule has 0 rings (SSSR count). The molecule has 0 aromatic carbocycles. The Morgan fingerprint density at radius 2 is 1.53 bits per heavy atom. The summed E-state index contributed by atoms with van der Waals surface area (Å²) in [5, 5.41) is 0. The van der Waals surface area contributed by atoms with Crippen LogP contribution in [0.25, 0.3) is 0 Å². The van der Waals surface area contributed by atoms with Crippen LogP contribution in [0.4, 0.5) is 0 Å². The van der Waals surface area contributed by atoms with Gasteiger partial charge in [-0.25, -0.2) is 5.48 Å². The zero-order valence-electron chi connectivity index (χ0n) is 19.4. The molecule has 2 atom stereocenters. The van der Waals surface area contributed by atoms with E-state index in [4.69, 9.17) is 14.6 Å². The first kappa shape index (κ1) is 28.5. The molecule has 6 nitrogen and oxygen atoms in total. The third-order valence-electron chi connectivity index (χ3n) is 4.80. The number of carbonyl (C=O) groups excluding carboxylic acids is 1. The fraction of sp³-hybridized carbons (Fsp3) is 0.609. The molecule has 0 radical (unpaired) electrons. The molecule has 0 aliphatic heterocycles. The van der Waals surface area contributed by atoms with Gasteiger partial charge in [-0.3, -0.25) is 14.2 Å². The van der Waals surface area contributed by atoms with Gasteiger partial charge in [0.1, 0.15) is 5.66 Å². The van der Waals surface area contributed by atoms with Gasteiger partial charge in [-0.05, 0) is 72.6 Å². The van der Waals surface area contributed by atoms with Crippen molar-refractivity contribution in [2.75, 3.05) is 6.61 Å². The monoisotopic (exact) mass is 441 g/mol. The Kier molecular flexibility index (Phi) is 14.6. The van der Waals surface area contributed by atoms with E-state index in [1.54, 1.807) is 0 Å². The number of hydrogen-bond acceptors (Lipinski definition) is 3. The van der Waals surface area contributed by atoms with Gasteiger partial charge in [-0.1, -0.05) is 54.0 Å². The van der Waals surface area contributed by atoms with Gasteiger partial charge in [0.25, 0.3) is 5.91 Å². The van der Waals surface area contributed by atoms with Crippen LogP contribution in [0.2, 0.25) is 0 Å². The van der Waals surface area contributed by atoms with E-state index in [0.29, 0.717) is 5.92 Å². The minimum atomic E-state index is -4.45. The van der Waals surface area contributed by atoms with Crippen molar-refractivity contribution in [1.29, 1.82) is 0 Å². The van der Waals surface area contributed by atoms with Gasteiger partial charge < -0.3 is 9.79 Å². The molecule has 0 aliphatic rings. The van der Waals surface area contributed by atoms with Gasteiger partial charge in [0.05, 0.1) is 6.61 Å². The van der Waals surface area contributed by atoms with Crippen molar-refractivity contribution in [3.8, 4) is 0 Å². The predicted molar refractivity (Wildman–Crippen MR) is 124 cm³/mol. The molecule has 0 spiro atoms. The summed E-state index contributed by atoms with van der Waals surface area (Å²) in [7, 11) is -4.45. The maximum atomic E-state index is 11.5. The lowest BCUT2D eigenvalue weighted by Crippen LogP contribution is -2.32. The molecule has 0 saturated heterocycles. The summed E-state index contributed by atoms with van der Waals surface area (Å²) in [5.74, 6) is -0.238. The number of rotatable bonds is 14. The van der Waals surface area contributed by atoms with Crippen molar-refractivity contribution >= 4 is 13.5 Å². The highest BCUT2D eigenvalue weighted by molar-refractivity contribution is 7.53. The number of allylic oxidation sites excluding steroid dienone is 7. The van der Waals surface area contributed by atoms with Crippen LogP contribution in [0, 0.1) is 5.92 Å². The van der Waals surface area contributed by atoms with Crippen molar-refractivity contribution in [1.82, 2.24) is 5.48 Å². The molecule has 172 valence electrons. The SMILES string of the molecule is C/C=C/C(C)C/C(C)=C/CC/C(C)=C/CC/C(C)=C/CONC(=O)C(C)P(=O)(O)O.